The Hall–Kier alpha value is -0.870. The molecule has 1 saturated carbocycles. The van der Waals surface area contributed by atoms with Crippen LogP contribution >= 0.6 is 0 Å². The first-order valence-electron chi connectivity index (χ1n) is 6.56. The van der Waals surface area contributed by atoms with E-state index in [-0.39, 0.29) is 6.04 Å². The summed E-state index contributed by atoms with van der Waals surface area (Å²) in [5.74, 6) is 0.615. The summed E-state index contributed by atoms with van der Waals surface area (Å²) in [7, 11) is -3.35. The highest BCUT2D eigenvalue weighted by molar-refractivity contribution is 7.89. The van der Waals surface area contributed by atoms with Gasteiger partial charge in [-0.1, -0.05) is 37.5 Å². The molecule has 0 radical (unpaired) electrons. The fourth-order valence-electron chi connectivity index (χ4n) is 2.55. The van der Waals surface area contributed by atoms with Crippen LogP contribution in [-0.2, 0) is 10.0 Å². The molecule has 3 nitrogen and oxygen atoms in total. The molecule has 1 aromatic rings. The van der Waals surface area contributed by atoms with Crippen LogP contribution in [0.3, 0.4) is 0 Å². The van der Waals surface area contributed by atoms with Gasteiger partial charge in [0.15, 0.2) is 0 Å². The molecule has 0 amide bonds. The Labute approximate surface area is 110 Å². The topological polar surface area (TPSA) is 46.2 Å². The van der Waals surface area contributed by atoms with E-state index in [1.54, 1.807) is 12.1 Å². The lowest BCUT2D eigenvalue weighted by Crippen LogP contribution is -2.37. The number of rotatable bonds is 3. The number of nitrogens with one attached hydrogen (secondary N) is 1. The Balaban J connectivity index is 2.09. The molecule has 1 N–H and O–H groups in total. The zero-order valence-corrected chi connectivity index (χ0v) is 11.8. The smallest absolute Gasteiger partial charge is 0.208 e. The van der Waals surface area contributed by atoms with Gasteiger partial charge < -0.3 is 0 Å². The fourth-order valence-corrected chi connectivity index (χ4v) is 3.83. The van der Waals surface area contributed by atoms with Gasteiger partial charge in [-0.3, -0.25) is 0 Å². The standard InChI is InChI=1S/C14H21NO2S/c1-11-6-8-14(9-7-11)18(16,17)15-13-5-3-4-12(2)10-13/h6-9,12-13,15H,3-5,10H2,1-2H3/t12-,13-/m0/s1. The van der Waals surface area contributed by atoms with Crippen LogP contribution in [0.4, 0.5) is 0 Å². The second-order valence-corrected chi connectivity index (χ2v) is 7.12. The summed E-state index contributed by atoms with van der Waals surface area (Å²) >= 11 is 0. The van der Waals surface area contributed by atoms with Crippen LogP contribution in [-0.4, -0.2) is 14.5 Å². The van der Waals surface area contributed by atoms with Gasteiger partial charge in [-0.05, 0) is 37.8 Å². The van der Waals surface area contributed by atoms with Crippen LogP contribution in [0.5, 0.6) is 0 Å². The molecule has 0 aromatic heterocycles. The SMILES string of the molecule is Cc1ccc(S(=O)(=O)N[C@H]2CCC[C@H](C)C2)cc1. The zero-order valence-electron chi connectivity index (χ0n) is 11.0. The van der Waals surface area contributed by atoms with E-state index in [0.29, 0.717) is 10.8 Å². The van der Waals surface area contributed by atoms with Crippen LogP contribution in [0.25, 0.3) is 0 Å². The second kappa shape index (κ2) is 5.41. The van der Waals surface area contributed by atoms with Crippen molar-refractivity contribution in [2.24, 2.45) is 5.92 Å². The van der Waals surface area contributed by atoms with Crippen molar-refractivity contribution in [3.8, 4) is 0 Å². The highest BCUT2D eigenvalue weighted by atomic mass is 32.2. The van der Waals surface area contributed by atoms with Crippen LogP contribution in [0.2, 0.25) is 0 Å². The van der Waals surface area contributed by atoms with Crippen molar-refractivity contribution >= 4 is 10.0 Å². The molecular weight excluding hydrogens is 246 g/mol. The highest BCUT2D eigenvalue weighted by Gasteiger charge is 2.24. The molecule has 0 spiro atoms. The first kappa shape index (κ1) is 13.6. The van der Waals surface area contributed by atoms with Crippen LogP contribution in [0.15, 0.2) is 29.2 Å². The third-order valence-corrected chi connectivity index (χ3v) is 5.13. The largest absolute Gasteiger partial charge is 0.240 e. The Morgan fingerprint density at radius 3 is 2.44 bits per heavy atom. The van der Waals surface area contributed by atoms with Gasteiger partial charge in [0.05, 0.1) is 4.90 Å². The summed E-state index contributed by atoms with van der Waals surface area (Å²) in [5, 5.41) is 0. The van der Waals surface area contributed by atoms with Crippen molar-refractivity contribution in [3.63, 3.8) is 0 Å². The molecule has 0 saturated heterocycles. The van der Waals surface area contributed by atoms with Gasteiger partial charge in [0.25, 0.3) is 0 Å². The van der Waals surface area contributed by atoms with E-state index >= 15 is 0 Å². The molecule has 0 bridgehead atoms. The van der Waals surface area contributed by atoms with Crippen molar-refractivity contribution in [1.82, 2.24) is 4.72 Å². The predicted octanol–water partition coefficient (Wildman–Crippen LogP) is 2.85. The average Bonchev–Trinajstić information content (AvgIpc) is 2.29. The Morgan fingerprint density at radius 2 is 1.83 bits per heavy atom. The molecule has 1 aliphatic rings. The quantitative estimate of drug-likeness (QED) is 0.915. The predicted molar refractivity (Wildman–Crippen MR) is 72.9 cm³/mol. The summed E-state index contributed by atoms with van der Waals surface area (Å²) < 4.78 is 27.2. The molecule has 1 fully saturated rings. The van der Waals surface area contributed by atoms with E-state index in [4.69, 9.17) is 0 Å². The first-order valence-corrected chi connectivity index (χ1v) is 8.05. The summed E-state index contributed by atoms with van der Waals surface area (Å²) in [6, 6.07) is 7.10. The molecule has 0 unspecified atom stereocenters. The number of sulfonamides is 1. The molecule has 18 heavy (non-hydrogen) atoms. The lowest BCUT2D eigenvalue weighted by molar-refractivity contribution is 0.327. The number of aryl methyl sites for hydroxylation is 1. The third kappa shape index (κ3) is 3.33. The minimum absolute atomic E-state index is 0.0973. The molecule has 2 atom stereocenters. The molecular formula is C14H21NO2S. The second-order valence-electron chi connectivity index (χ2n) is 5.40. The summed E-state index contributed by atoms with van der Waals surface area (Å²) in [6.07, 6.45) is 4.23. The molecule has 1 aliphatic carbocycles. The molecule has 0 aliphatic heterocycles. The van der Waals surface area contributed by atoms with Gasteiger partial charge in [-0.2, -0.15) is 0 Å². The zero-order chi connectivity index (χ0) is 13.2. The Kier molecular flexibility index (Phi) is 4.07. The van der Waals surface area contributed by atoms with Crippen molar-refractivity contribution in [2.75, 3.05) is 0 Å². The summed E-state index contributed by atoms with van der Waals surface area (Å²) in [6.45, 7) is 4.14. The fraction of sp³-hybridized carbons (Fsp3) is 0.571. The van der Waals surface area contributed by atoms with E-state index in [1.807, 2.05) is 19.1 Å². The van der Waals surface area contributed by atoms with Gasteiger partial charge in [-0.15, -0.1) is 0 Å². The minimum atomic E-state index is -3.35. The monoisotopic (exact) mass is 267 g/mol. The number of hydrogen-bond donors (Lipinski definition) is 1. The van der Waals surface area contributed by atoms with Crippen molar-refractivity contribution < 1.29 is 8.42 Å². The number of benzene rings is 1. The lowest BCUT2D eigenvalue weighted by atomic mass is 9.88. The van der Waals surface area contributed by atoms with Crippen molar-refractivity contribution in [3.05, 3.63) is 29.8 Å². The van der Waals surface area contributed by atoms with E-state index < -0.39 is 10.0 Å². The van der Waals surface area contributed by atoms with E-state index in [1.165, 1.54) is 6.42 Å². The first-order chi connectivity index (χ1) is 8.47. The van der Waals surface area contributed by atoms with Gasteiger partial charge in [0.2, 0.25) is 10.0 Å². The van der Waals surface area contributed by atoms with Crippen molar-refractivity contribution in [1.29, 1.82) is 0 Å². The highest BCUT2D eigenvalue weighted by Crippen LogP contribution is 2.24. The maximum absolute atomic E-state index is 12.2. The van der Waals surface area contributed by atoms with E-state index in [9.17, 15) is 8.42 Å². The maximum Gasteiger partial charge on any atom is 0.240 e. The van der Waals surface area contributed by atoms with E-state index in [2.05, 4.69) is 11.6 Å². The van der Waals surface area contributed by atoms with Crippen molar-refractivity contribution in [2.45, 2.75) is 50.5 Å². The third-order valence-electron chi connectivity index (χ3n) is 3.59. The summed E-state index contributed by atoms with van der Waals surface area (Å²) in [5.41, 5.74) is 1.07. The maximum atomic E-state index is 12.2. The molecule has 1 aromatic carbocycles. The molecule has 100 valence electrons. The Bertz CT molecular complexity index is 493. The number of hydrogen-bond acceptors (Lipinski definition) is 2. The Morgan fingerprint density at radius 1 is 1.17 bits per heavy atom. The van der Waals surface area contributed by atoms with Gasteiger partial charge in [0.1, 0.15) is 0 Å². The lowest BCUT2D eigenvalue weighted by Gasteiger charge is -2.27. The van der Waals surface area contributed by atoms with Gasteiger partial charge in [-0.25, -0.2) is 13.1 Å². The van der Waals surface area contributed by atoms with Gasteiger partial charge >= 0.3 is 0 Å². The van der Waals surface area contributed by atoms with Crippen LogP contribution < -0.4 is 4.72 Å². The van der Waals surface area contributed by atoms with Crippen LogP contribution in [0, 0.1) is 12.8 Å². The average molecular weight is 267 g/mol. The van der Waals surface area contributed by atoms with Gasteiger partial charge in [0, 0.05) is 6.04 Å². The normalized spacial score (nSPS) is 25.0. The molecule has 0 heterocycles. The molecule has 4 heteroatoms. The van der Waals surface area contributed by atoms with E-state index in [0.717, 1.165) is 24.8 Å². The molecule has 2 rings (SSSR count). The minimum Gasteiger partial charge on any atom is -0.208 e. The van der Waals surface area contributed by atoms with Crippen LogP contribution in [0.1, 0.15) is 38.2 Å². The summed E-state index contributed by atoms with van der Waals surface area (Å²) in [4.78, 5) is 0.367.